The number of nitrogens with one attached hydrogen (secondary N) is 1. The number of amides is 1. The van der Waals surface area contributed by atoms with Crippen molar-refractivity contribution in [3.8, 4) is 5.75 Å². The Balaban J connectivity index is 1.74. The third kappa shape index (κ3) is 5.81. The molecule has 6 nitrogen and oxygen atoms in total. The van der Waals surface area contributed by atoms with Gasteiger partial charge in [0.15, 0.2) is 0 Å². The van der Waals surface area contributed by atoms with Crippen molar-refractivity contribution in [2.75, 3.05) is 17.7 Å². The number of sulfonamides is 1. The molecule has 0 aliphatic heterocycles. The Kier molecular flexibility index (Phi) is 7.43. The Morgan fingerprint density at radius 3 is 2.38 bits per heavy atom. The van der Waals surface area contributed by atoms with Crippen LogP contribution in [0.4, 0.5) is 5.69 Å². The van der Waals surface area contributed by atoms with E-state index in [4.69, 9.17) is 16.3 Å². The van der Waals surface area contributed by atoms with E-state index in [2.05, 4.69) is 5.32 Å². The standard InChI is InChI=1S/C24H25ClN2O4S/c1-17(22-9-4-5-10-23(22)31-2)26-24(28)19-13-11-18(12-14-19)16-27(32(3,29)30)21-8-6-7-20(25)15-21/h4-15,17H,16H2,1-3H3,(H,26,28)/t17-/m0/s1. The van der Waals surface area contributed by atoms with Crippen LogP contribution in [0.25, 0.3) is 0 Å². The van der Waals surface area contributed by atoms with Crippen molar-refractivity contribution in [1.82, 2.24) is 5.32 Å². The summed E-state index contributed by atoms with van der Waals surface area (Å²) >= 11 is 6.03. The Morgan fingerprint density at radius 1 is 1.06 bits per heavy atom. The summed E-state index contributed by atoms with van der Waals surface area (Å²) in [6.45, 7) is 2.01. The predicted octanol–water partition coefficient (Wildman–Crippen LogP) is 4.81. The smallest absolute Gasteiger partial charge is 0.251 e. The zero-order valence-corrected chi connectivity index (χ0v) is 19.7. The van der Waals surface area contributed by atoms with Gasteiger partial charge in [-0.05, 0) is 48.9 Å². The minimum atomic E-state index is -3.53. The summed E-state index contributed by atoms with van der Waals surface area (Å²) in [5.74, 6) is 0.474. The van der Waals surface area contributed by atoms with Crippen molar-refractivity contribution in [1.29, 1.82) is 0 Å². The van der Waals surface area contributed by atoms with E-state index in [9.17, 15) is 13.2 Å². The molecule has 168 valence electrons. The molecule has 0 radical (unpaired) electrons. The highest BCUT2D eigenvalue weighted by Crippen LogP contribution is 2.26. The number of rotatable bonds is 8. The fourth-order valence-electron chi connectivity index (χ4n) is 3.34. The van der Waals surface area contributed by atoms with E-state index in [1.807, 2.05) is 31.2 Å². The van der Waals surface area contributed by atoms with Gasteiger partial charge in [-0.15, -0.1) is 0 Å². The molecule has 0 aliphatic rings. The molecule has 0 aromatic heterocycles. The second kappa shape index (κ2) is 10.1. The van der Waals surface area contributed by atoms with Crippen molar-refractivity contribution in [3.63, 3.8) is 0 Å². The lowest BCUT2D eigenvalue weighted by atomic mass is 10.1. The Hall–Kier alpha value is -3.03. The quantitative estimate of drug-likeness (QED) is 0.510. The molecule has 3 aromatic carbocycles. The maximum absolute atomic E-state index is 12.7. The van der Waals surface area contributed by atoms with Crippen LogP contribution in [0.15, 0.2) is 72.8 Å². The molecule has 32 heavy (non-hydrogen) atoms. The molecule has 0 spiro atoms. The number of hydrogen-bond acceptors (Lipinski definition) is 4. The topological polar surface area (TPSA) is 75.7 Å². The minimum Gasteiger partial charge on any atom is -0.496 e. The summed E-state index contributed by atoms with van der Waals surface area (Å²) in [6, 6.07) is 20.8. The van der Waals surface area contributed by atoms with Crippen molar-refractivity contribution in [2.45, 2.75) is 19.5 Å². The van der Waals surface area contributed by atoms with Crippen molar-refractivity contribution < 1.29 is 17.9 Å². The summed E-state index contributed by atoms with van der Waals surface area (Å²) in [6.07, 6.45) is 1.15. The number of ether oxygens (including phenoxy) is 1. The molecular formula is C24H25ClN2O4S. The van der Waals surface area contributed by atoms with Crippen molar-refractivity contribution in [3.05, 3.63) is 94.5 Å². The molecule has 3 aromatic rings. The number of methoxy groups -OCH3 is 1. The molecular weight excluding hydrogens is 448 g/mol. The minimum absolute atomic E-state index is 0.124. The molecule has 1 N–H and O–H groups in total. The van der Waals surface area contributed by atoms with Gasteiger partial charge in [0.05, 0.1) is 31.6 Å². The van der Waals surface area contributed by atoms with Crippen LogP contribution >= 0.6 is 11.6 Å². The third-order valence-corrected chi connectivity index (χ3v) is 6.37. The van der Waals surface area contributed by atoms with Crippen LogP contribution in [0, 0.1) is 0 Å². The number of para-hydroxylation sites is 1. The molecule has 0 saturated carbocycles. The fourth-order valence-corrected chi connectivity index (χ4v) is 4.41. The number of benzene rings is 3. The van der Waals surface area contributed by atoms with E-state index in [0.29, 0.717) is 22.0 Å². The van der Waals surface area contributed by atoms with Gasteiger partial charge in [0, 0.05) is 16.1 Å². The van der Waals surface area contributed by atoms with Gasteiger partial charge in [-0.2, -0.15) is 0 Å². The number of halogens is 1. The first-order valence-corrected chi connectivity index (χ1v) is 12.2. The van der Waals surface area contributed by atoms with Crippen LogP contribution in [0.2, 0.25) is 5.02 Å². The van der Waals surface area contributed by atoms with Crippen molar-refractivity contribution >= 4 is 33.2 Å². The van der Waals surface area contributed by atoms with Crippen LogP contribution in [0.5, 0.6) is 5.75 Å². The first kappa shape index (κ1) is 23.6. The summed E-state index contributed by atoms with van der Waals surface area (Å²) < 4.78 is 31.3. The normalized spacial score (nSPS) is 12.1. The van der Waals surface area contributed by atoms with Crippen LogP contribution in [0.3, 0.4) is 0 Å². The average Bonchev–Trinajstić information content (AvgIpc) is 2.77. The van der Waals surface area contributed by atoms with Gasteiger partial charge in [0.2, 0.25) is 10.0 Å². The van der Waals surface area contributed by atoms with Gasteiger partial charge in [-0.1, -0.05) is 48.0 Å². The lowest BCUT2D eigenvalue weighted by Crippen LogP contribution is -2.29. The summed E-state index contributed by atoms with van der Waals surface area (Å²) in [5.41, 5.74) is 2.58. The summed E-state index contributed by atoms with van der Waals surface area (Å²) in [7, 11) is -1.94. The van der Waals surface area contributed by atoms with E-state index in [1.165, 1.54) is 4.31 Å². The number of anilines is 1. The van der Waals surface area contributed by atoms with E-state index in [0.717, 1.165) is 17.4 Å². The number of carbonyl (C=O) groups is 1. The summed E-state index contributed by atoms with van der Waals surface area (Å²) in [4.78, 5) is 12.7. The zero-order chi connectivity index (χ0) is 23.3. The SMILES string of the molecule is COc1ccccc1[C@H](C)NC(=O)c1ccc(CN(c2cccc(Cl)c2)S(C)(=O)=O)cc1. The monoisotopic (exact) mass is 472 g/mol. The molecule has 0 bridgehead atoms. The number of nitrogens with zero attached hydrogens (tertiary/aromatic N) is 1. The molecule has 0 unspecified atom stereocenters. The number of hydrogen-bond donors (Lipinski definition) is 1. The lowest BCUT2D eigenvalue weighted by Gasteiger charge is -2.23. The molecule has 3 rings (SSSR count). The van der Waals surface area contributed by atoms with Crippen LogP contribution in [-0.4, -0.2) is 27.7 Å². The number of carbonyl (C=O) groups excluding carboxylic acids is 1. The van der Waals surface area contributed by atoms with Gasteiger partial charge in [-0.3, -0.25) is 9.10 Å². The Labute approximate surface area is 193 Å². The van der Waals surface area contributed by atoms with Crippen molar-refractivity contribution in [2.24, 2.45) is 0 Å². The maximum atomic E-state index is 12.7. The first-order valence-electron chi connectivity index (χ1n) is 9.95. The van der Waals surface area contributed by atoms with Gasteiger partial charge < -0.3 is 10.1 Å². The predicted molar refractivity (Wildman–Crippen MR) is 128 cm³/mol. The lowest BCUT2D eigenvalue weighted by molar-refractivity contribution is 0.0939. The molecule has 8 heteroatoms. The van der Waals surface area contributed by atoms with Crippen LogP contribution in [0.1, 0.15) is 34.5 Å². The molecule has 1 atom stereocenters. The van der Waals surface area contributed by atoms with Gasteiger partial charge in [0.25, 0.3) is 5.91 Å². The first-order chi connectivity index (χ1) is 15.2. The third-order valence-electron chi connectivity index (χ3n) is 4.99. The average molecular weight is 473 g/mol. The highest BCUT2D eigenvalue weighted by molar-refractivity contribution is 7.92. The van der Waals surface area contributed by atoms with Crippen LogP contribution < -0.4 is 14.4 Å². The van der Waals surface area contributed by atoms with Gasteiger partial charge in [-0.25, -0.2) is 8.42 Å². The molecule has 0 fully saturated rings. The van der Waals surface area contributed by atoms with Gasteiger partial charge in [0.1, 0.15) is 5.75 Å². The largest absolute Gasteiger partial charge is 0.496 e. The molecule has 0 aliphatic carbocycles. The Morgan fingerprint density at radius 2 is 1.75 bits per heavy atom. The summed E-state index contributed by atoms with van der Waals surface area (Å²) in [5, 5.41) is 3.42. The molecule has 1 amide bonds. The second-order valence-electron chi connectivity index (χ2n) is 7.38. The van der Waals surface area contributed by atoms with E-state index in [1.54, 1.807) is 55.6 Å². The van der Waals surface area contributed by atoms with E-state index in [-0.39, 0.29) is 18.5 Å². The second-order valence-corrected chi connectivity index (χ2v) is 9.73. The zero-order valence-electron chi connectivity index (χ0n) is 18.1. The van der Waals surface area contributed by atoms with Gasteiger partial charge >= 0.3 is 0 Å². The van der Waals surface area contributed by atoms with E-state index >= 15 is 0 Å². The van der Waals surface area contributed by atoms with E-state index < -0.39 is 10.0 Å². The molecule has 0 heterocycles. The maximum Gasteiger partial charge on any atom is 0.251 e. The Bertz CT molecular complexity index is 1200. The highest BCUT2D eigenvalue weighted by Gasteiger charge is 2.19. The fraction of sp³-hybridized carbons (Fsp3) is 0.208. The highest BCUT2D eigenvalue weighted by atomic mass is 35.5. The van der Waals surface area contributed by atoms with Crippen LogP contribution in [-0.2, 0) is 16.6 Å². The molecule has 0 saturated heterocycles.